The SMILES string of the molecule is NC1C=Nc2ccccc2C1(N)C[C@@H]1CCCO1. The summed E-state index contributed by atoms with van der Waals surface area (Å²) in [6.07, 6.45) is 4.94. The van der Waals surface area contributed by atoms with Crippen LogP contribution in [0.4, 0.5) is 5.69 Å². The summed E-state index contributed by atoms with van der Waals surface area (Å²) >= 11 is 0. The number of ether oxygens (including phenoxy) is 1. The number of aliphatic imine (C=N–C) groups is 1. The van der Waals surface area contributed by atoms with E-state index in [0.717, 1.165) is 37.1 Å². The van der Waals surface area contributed by atoms with E-state index in [9.17, 15) is 0 Å². The molecule has 1 fully saturated rings. The van der Waals surface area contributed by atoms with Gasteiger partial charge in [-0.25, -0.2) is 0 Å². The Morgan fingerprint density at radius 1 is 1.39 bits per heavy atom. The first-order valence-electron chi connectivity index (χ1n) is 6.50. The highest BCUT2D eigenvalue weighted by atomic mass is 16.5. The minimum Gasteiger partial charge on any atom is -0.378 e. The fourth-order valence-electron chi connectivity index (χ4n) is 2.88. The van der Waals surface area contributed by atoms with Gasteiger partial charge in [-0.05, 0) is 30.9 Å². The lowest BCUT2D eigenvalue weighted by Crippen LogP contribution is -2.56. The number of fused-ring (bicyclic) bond motifs is 1. The van der Waals surface area contributed by atoms with Gasteiger partial charge in [0.2, 0.25) is 0 Å². The average Bonchev–Trinajstić information content (AvgIpc) is 2.87. The van der Waals surface area contributed by atoms with E-state index in [1.54, 1.807) is 6.21 Å². The van der Waals surface area contributed by atoms with Gasteiger partial charge in [0, 0.05) is 12.8 Å². The number of hydrogen-bond donors (Lipinski definition) is 2. The molecular weight excluding hydrogens is 226 g/mol. The maximum atomic E-state index is 6.60. The van der Waals surface area contributed by atoms with Crippen LogP contribution >= 0.6 is 0 Å². The summed E-state index contributed by atoms with van der Waals surface area (Å²) in [5.41, 5.74) is 14.2. The van der Waals surface area contributed by atoms with Gasteiger partial charge in [0.25, 0.3) is 0 Å². The Balaban J connectivity index is 1.95. The Morgan fingerprint density at radius 2 is 2.22 bits per heavy atom. The molecule has 1 saturated heterocycles. The molecule has 3 rings (SSSR count). The summed E-state index contributed by atoms with van der Waals surface area (Å²) in [4.78, 5) is 4.37. The van der Waals surface area contributed by atoms with Gasteiger partial charge in [-0.2, -0.15) is 0 Å². The van der Waals surface area contributed by atoms with Crippen molar-refractivity contribution in [3.63, 3.8) is 0 Å². The van der Waals surface area contributed by atoms with E-state index in [0.29, 0.717) is 0 Å². The molecule has 4 nitrogen and oxygen atoms in total. The van der Waals surface area contributed by atoms with Gasteiger partial charge in [0.1, 0.15) is 0 Å². The summed E-state index contributed by atoms with van der Waals surface area (Å²) in [7, 11) is 0. The van der Waals surface area contributed by atoms with E-state index in [1.165, 1.54) is 0 Å². The third-order valence-electron chi connectivity index (χ3n) is 3.96. The Bertz CT molecular complexity index is 468. The first-order chi connectivity index (χ1) is 8.70. The van der Waals surface area contributed by atoms with Crippen LogP contribution in [0.5, 0.6) is 0 Å². The highest BCUT2D eigenvalue weighted by Gasteiger charge is 2.40. The van der Waals surface area contributed by atoms with Crippen LogP contribution in [-0.4, -0.2) is 25.0 Å². The number of nitrogens with zero attached hydrogens (tertiary/aromatic N) is 1. The predicted octanol–water partition coefficient (Wildman–Crippen LogP) is 1.45. The first kappa shape index (κ1) is 11.8. The predicted molar refractivity (Wildman–Crippen MR) is 72.0 cm³/mol. The maximum Gasteiger partial charge on any atom is 0.0677 e. The van der Waals surface area contributed by atoms with Gasteiger partial charge in [-0.1, -0.05) is 18.2 Å². The van der Waals surface area contributed by atoms with Gasteiger partial charge in [0.05, 0.1) is 23.4 Å². The summed E-state index contributed by atoms with van der Waals surface area (Å²) in [6, 6.07) is 7.72. The molecule has 0 aliphatic carbocycles. The minimum atomic E-state index is -0.562. The molecule has 1 aromatic rings. The molecule has 0 bridgehead atoms. The smallest absolute Gasteiger partial charge is 0.0677 e. The van der Waals surface area contributed by atoms with Crippen LogP contribution in [-0.2, 0) is 10.3 Å². The second kappa shape index (κ2) is 4.46. The molecule has 0 saturated carbocycles. The lowest BCUT2D eigenvalue weighted by molar-refractivity contribution is 0.0809. The molecule has 2 aliphatic rings. The van der Waals surface area contributed by atoms with E-state index in [1.807, 2.05) is 24.3 Å². The zero-order valence-electron chi connectivity index (χ0n) is 10.4. The first-order valence-corrected chi connectivity index (χ1v) is 6.50. The normalized spacial score (nSPS) is 34.6. The molecule has 2 unspecified atom stereocenters. The standard InChI is InChI=1S/C14H19N3O/c15-13-9-17-12-6-2-1-5-11(12)14(13,16)8-10-4-3-7-18-10/h1-2,5-6,9-10,13H,3-4,7-8,15-16H2/t10-,13?,14?/m0/s1. The van der Waals surface area contributed by atoms with E-state index < -0.39 is 5.54 Å². The van der Waals surface area contributed by atoms with Crippen molar-refractivity contribution >= 4 is 11.9 Å². The second-order valence-electron chi connectivity index (χ2n) is 5.20. The van der Waals surface area contributed by atoms with Crippen LogP contribution in [0.1, 0.15) is 24.8 Å². The van der Waals surface area contributed by atoms with Crippen LogP contribution < -0.4 is 11.5 Å². The number of rotatable bonds is 2. The average molecular weight is 245 g/mol. The second-order valence-corrected chi connectivity index (χ2v) is 5.20. The number of nitrogens with two attached hydrogens (primary N) is 2. The number of para-hydroxylation sites is 1. The molecular formula is C14H19N3O. The quantitative estimate of drug-likeness (QED) is 0.828. The van der Waals surface area contributed by atoms with Crippen molar-refractivity contribution in [1.82, 2.24) is 0 Å². The Hall–Kier alpha value is -1.23. The largest absolute Gasteiger partial charge is 0.378 e. The zero-order chi connectivity index (χ0) is 12.6. The van der Waals surface area contributed by atoms with Gasteiger partial charge in [-0.3, -0.25) is 4.99 Å². The summed E-state index contributed by atoms with van der Waals surface area (Å²) in [5, 5.41) is 0. The molecule has 0 radical (unpaired) electrons. The summed E-state index contributed by atoms with van der Waals surface area (Å²) < 4.78 is 5.70. The van der Waals surface area contributed by atoms with Crippen LogP contribution in [0.3, 0.4) is 0 Å². The van der Waals surface area contributed by atoms with Gasteiger partial charge >= 0.3 is 0 Å². The highest BCUT2D eigenvalue weighted by Crippen LogP contribution is 2.38. The van der Waals surface area contributed by atoms with Crippen LogP contribution in [0, 0.1) is 0 Å². The number of benzene rings is 1. The lowest BCUT2D eigenvalue weighted by atomic mass is 9.77. The molecule has 96 valence electrons. The lowest BCUT2D eigenvalue weighted by Gasteiger charge is -2.38. The van der Waals surface area contributed by atoms with Crippen molar-refractivity contribution in [1.29, 1.82) is 0 Å². The Morgan fingerprint density at radius 3 is 3.00 bits per heavy atom. The molecule has 2 heterocycles. The van der Waals surface area contributed by atoms with Crippen LogP contribution in [0.25, 0.3) is 0 Å². The fourth-order valence-corrected chi connectivity index (χ4v) is 2.88. The van der Waals surface area contributed by atoms with Crippen molar-refractivity contribution in [2.24, 2.45) is 16.5 Å². The molecule has 0 amide bonds. The van der Waals surface area contributed by atoms with Gasteiger partial charge < -0.3 is 16.2 Å². The number of hydrogen-bond acceptors (Lipinski definition) is 4. The monoisotopic (exact) mass is 245 g/mol. The van der Waals surface area contributed by atoms with Crippen molar-refractivity contribution in [3.05, 3.63) is 29.8 Å². The molecule has 4 N–H and O–H groups in total. The van der Waals surface area contributed by atoms with E-state index in [4.69, 9.17) is 16.2 Å². The third-order valence-corrected chi connectivity index (χ3v) is 3.96. The van der Waals surface area contributed by atoms with Gasteiger partial charge in [0.15, 0.2) is 0 Å². The topological polar surface area (TPSA) is 73.6 Å². The van der Waals surface area contributed by atoms with Gasteiger partial charge in [-0.15, -0.1) is 0 Å². The fraction of sp³-hybridized carbons (Fsp3) is 0.500. The van der Waals surface area contributed by atoms with Crippen molar-refractivity contribution in [2.75, 3.05) is 6.61 Å². The minimum absolute atomic E-state index is 0.223. The molecule has 1 aromatic carbocycles. The Kier molecular flexibility index (Phi) is 2.93. The van der Waals surface area contributed by atoms with Crippen LogP contribution in [0.15, 0.2) is 29.3 Å². The molecule has 3 atom stereocenters. The summed E-state index contributed by atoms with van der Waals surface area (Å²) in [5.74, 6) is 0. The summed E-state index contributed by atoms with van der Waals surface area (Å²) in [6.45, 7) is 0.839. The zero-order valence-corrected chi connectivity index (χ0v) is 10.4. The molecule has 2 aliphatic heterocycles. The van der Waals surface area contributed by atoms with Crippen molar-refractivity contribution in [3.8, 4) is 0 Å². The molecule has 0 spiro atoms. The van der Waals surface area contributed by atoms with E-state index in [-0.39, 0.29) is 12.1 Å². The van der Waals surface area contributed by atoms with Crippen LogP contribution in [0.2, 0.25) is 0 Å². The molecule has 4 heteroatoms. The molecule has 18 heavy (non-hydrogen) atoms. The van der Waals surface area contributed by atoms with Crippen molar-refractivity contribution < 1.29 is 4.74 Å². The van der Waals surface area contributed by atoms with E-state index in [2.05, 4.69) is 4.99 Å². The third kappa shape index (κ3) is 1.86. The highest BCUT2D eigenvalue weighted by molar-refractivity contribution is 5.76. The van der Waals surface area contributed by atoms with Crippen molar-refractivity contribution in [2.45, 2.75) is 36.9 Å². The van der Waals surface area contributed by atoms with E-state index >= 15 is 0 Å². The molecule has 0 aromatic heterocycles. The Labute approximate surface area is 107 Å². The maximum absolute atomic E-state index is 6.60.